The maximum absolute atomic E-state index is 12.6. The number of amides is 1. The average Bonchev–Trinajstić information content (AvgIpc) is 2.75. The van der Waals surface area contributed by atoms with Crippen LogP contribution >= 0.6 is 0 Å². The van der Waals surface area contributed by atoms with Crippen molar-refractivity contribution in [3.63, 3.8) is 0 Å². The fourth-order valence-corrected chi connectivity index (χ4v) is 2.67. The summed E-state index contributed by atoms with van der Waals surface area (Å²) in [6, 6.07) is 10.6. The van der Waals surface area contributed by atoms with Gasteiger partial charge < -0.3 is 24.4 Å². The lowest BCUT2D eigenvalue weighted by Gasteiger charge is -2.24. The third-order valence-electron chi connectivity index (χ3n) is 4.20. The molecule has 0 radical (unpaired) electrons. The number of rotatable bonds is 12. The topological polar surface area (TPSA) is 118 Å². The van der Waals surface area contributed by atoms with Crippen LogP contribution in [-0.2, 0) is 30.4 Å². The Bertz CT molecular complexity index is 770. The van der Waals surface area contributed by atoms with E-state index >= 15 is 0 Å². The molecule has 0 aliphatic rings. The number of nitrogens with zero attached hydrogens (tertiary/aromatic N) is 2. The van der Waals surface area contributed by atoms with Crippen molar-refractivity contribution in [3.8, 4) is 6.07 Å². The Morgan fingerprint density at radius 2 is 1.81 bits per heavy atom. The quantitative estimate of drug-likeness (QED) is 0.295. The molecule has 1 N–H and O–H groups in total. The molecule has 0 spiro atoms. The maximum Gasteiger partial charge on any atom is 0.410 e. The Morgan fingerprint density at radius 3 is 2.41 bits per heavy atom. The number of nitriles is 1. The van der Waals surface area contributed by atoms with Crippen molar-refractivity contribution in [3.05, 3.63) is 35.9 Å². The van der Waals surface area contributed by atoms with Gasteiger partial charge in [0.15, 0.2) is 0 Å². The third-order valence-corrected chi connectivity index (χ3v) is 4.20. The first kappa shape index (κ1) is 26.9. The number of benzene rings is 1. The highest BCUT2D eigenvalue weighted by Crippen LogP contribution is 2.09. The molecule has 176 valence electrons. The summed E-state index contributed by atoms with van der Waals surface area (Å²) in [5, 5.41) is 12.5. The molecule has 0 fully saturated rings. The Labute approximate surface area is 189 Å². The standard InChI is InChI=1S/C23H33N3O6/c1-23(2,3)32-21(28)11-8-13-25-19(15-24)16-26(14-12-20(27)30-4)22(29)31-17-18-9-6-5-7-10-18/h5-7,9-10,19,25H,8,11-14,16-17H2,1-4H3. The summed E-state index contributed by atoms with van der Waals surface area (Å²) in [5.74, 6) is -0.776. The molecular formula is C23H33N3O6. The molecule has 0 aliphatic carbocycles. The summed E-state index contributed by atoms with van der Waals surface area (Å²) in [6.45, 7) is 5.94. The highest BCUT2D eigenvalue weighted by atomic mass is 16.6. The minimum Gasteiger partial charge on any atom is -0.469 e. The molecule has 0 heterocycles. The van der Waals surface area contributed by atoms with E-state index in [1.807, 2.05) is 30.3 Å². The van der Waals surface area contributed by atoms with Crippen LogP contribution in [0, 0.1) is 11.3 Å². The van der Waals surface area contributed by atoms with Crippen LogP contribution in [0.4, 0.5) is 4.79 Å². The van der Waals surface area contributed by atoms with Crippen LogP contribution in [0.3, 0.4) is 0 Å². The SMILES string of the molecule is COC(=O)CCN(CC(C#N)NCCCC(=O)OC(C)(C)C)C(=O)OCc1ccccc1. The van der Waals surface area contributed by atoms with Crippen LogP contribution in [0.5, 0.6) is 0 Å². The zero-order valence-corrected chi connectivity index (χ0v) is 19.3. The first-order valence-electron chi connectivity index (χ1n) is 10.5. The smallest absolute Gasteiger partial charge is 0.410 e. The van der Waals surface area contributed by atoms with Gasteiger partial charge in [-0.1, -0.05) is 30.3 Å². The van der Waals surface area contributed by atoms with Gasteiger partial charge in [-0.3, -0.25) is 9.59 Å². The summed E-state index contributed by atoms with van der Waals surface area (Å²) in [5.41, 5.74) is 0.283. The molecule has 0 saturated carbocycles. The number of ether oxygens (including phenoxy) is 3. The second-order valence-corrected chi connectivity index (χ2v) is 8.14. The van der Waals surface area contributed by atoms with E-state index in [4.69, 9.17) is 9.47 Å². The van der Waals surface area contributed by atoms with Gasteiger partial charge in [-0.05, 0) is 39.3 Å². The van der Waals surface area contributed by atoms with Gasteiger partial charge in [-0.25, -0.2) is 4.79 Å². The molecule has 1 unspecified atom stereocenters. The number of nitrogens with one attached hydrogen (secondary N) is 1. The Balaban J connectivity index is 2.58. The van der Waals surface area contributed by atoms with Crippen LogP contribution < -0.4 is 5.32 Å². The van der Waals surface area contributed by atoms with E-state index in [1.165, 1.54) is 12.0 Å². The van der Waals surface area contributed by atoms with Crippen molar-refractivity contribution >= 4 is 18.0 Å². The summed E-state index contributed by atoms with van der Waals surface area (Å²) in [7, 11) is 1.27. The molecule has 1 aromatic rings. The molecule has 9 heteroatoms. The largest absolute Gasteiger partial charge is 0.469 e. The Hall–Kier alpha value is -3.12. The van der Waals surface area contributed by atoms with Crippen molar-refractivity contribution in [2.24, 2.45) is 0 Å². The monoisotopic (exact) mass is 447 g/mol. The van der Waals surface area contributed by atoms with Crippen molar-refractivity contribution in [2.75, 3.05) is 26.7 Å². The van der Waals surface area contributed by atoms with Crippen LogP contribution in [0.2, 0.25) is 0 Å². The molecule has 0 saturated heterocycles. The van der Waals surface area contributed by atoms with Gasteiger partial charge in [0.1, 0.15) is 18.2 Å². The molecule has 1 amide bonds. The lowest BCUT2D eigenvalue weighted by atomic mass is 10.2. The Kier molecular flexibility index (Phi) is 11.8. The van der Waals surface area contributed by atoms with E-state index in [-0.39, 0.29) is 38.5 Å². The lowest BCUT2D eigenvalue weighted by molar-refractivity contribution is -0.154. The molecule has 0 bridgehead atoms. The van der Waals surface area contributed by atoms with Crippen molar-refractivity contribution in [1.29, 1.82) is 5.26 Å². The summed E-state index contributed by atoms with van der Waals surface area (Å²) < 4.78 is 15.2. The molecule has 9 nitrogen and oxygen atoms in total. The molecular weight excluding hydrogens is 414 g/mol. The van der Waals surface area contributed by atoms with Crippen molar-refractivity contribution < 1.29 is 28.6 Å². The molecule has 32 heavy (non-hydrogen) atoms. The normalized spacial score (nSPS) is 11.7. The van der Waals surface area contributed by atoms with Crippen molar-refractivity contribution in [1.82, 2.24) is 10.2 Å². The highest BCUT2D eigenvalue weighted by molar-refractivity contribution is 5.72. The second-order valence-electron chi connectivity index (χ2n) is 8.14. The minimum absolute atomic E-state index is 0.0201. The van der Waals surface area contributed by atoms with E-state index in [0.717, 1.165) is 5.56 Å². The summed E-state index contributed by atoms with van der Waals surface area (Å²) in [6.07, 6.45) is 0.0447. The average molecular weight is 448 g/mol. The van der Waals surface area contributed by atoms with Crippen LogP contribution in [0.1, 0.15) is 45.6 Å². The van der Waals surface area contributed by atoms with E-state index in [9.17, 15) is 19.6 Å². The summed E-state index contributed by atoms with van der Waals surface area (Å²) >= 11 is 0. The third kappa shape index (κ3) is 11.9. The first-order chi connectivity index (χ1) is 15.1. The number of carbonyl (C=O) groups is 3. The van der Waals surface area contributed by atoms with Crippen LogP contribution in [0.15, 0.2) is 30.3 Å². The molecule has 0 aromatic heterocycles. The molecule has 1 aromatic carbocycles. The van der Waals surface area contributed by atoms with Crippen molar-refractivity contribution in [2.45, 2.75) is 58.3 Å². The van der Waals surface area contributed by atoms with Gasteiger partial charge in [-0.2, -0.15) is 5.26 Å². The molecule has 1 rings (SSSR count). The van der Waals surface area contributed by atoms with E-state index < -0.39 is 23.7 Å². The first-order valence-corrected chi connectivity index (χ1v) is 10.5. The minimum atomic E-state index is -0.699. The summed E-state index contributed by atoms with van der Waals surface area (Å²) in [4.78, 5) is 37.2. The van der Waals surface area contributed by atoms with Gasteiger partial charge in [0, 0.05) is 13.0 Å². The number of carbonyl (C=O) groups excluding carboxylic acids is 3. The maximum atomic E-state index is 12.6. The van der Waals surface area contributed by atoms with Gasteiger partial charge in [-0.15, -0.1) is 0 Å². The van der Waals surface area contributed by atoms with Gasteiger partial charge in [0.2, 0.25) is 0 Å². The highest BCUT2D eigenvalue weighted by Gasteiger charge is 2.22. The van der Waals surface area contributed by atoms with Crippen LogP contribution in [-0.4, -0.2) is 61.3 Å². The van der Waals surface area contributed by atoms with Crippen LogP contribution in [0.25, 0.3) is 0 Å². The zero-order chi connectivity index (χ0) is 24.0. The second kappa shape index (κ2) is 14.0. The van der Waals surface area contributed by atoms with E-state index in [0.29, 0.717) is 13.0 Å². The van der Waals surface area contributed by atoms with Gasteiger partial charge in [0.05, 0.1) is 26.1 Å². The fraction of sp³-hybridized carbons (Fsp3) is 0.565. The predicted octanol–water partition coefficient (Wildman–Crippen LogP) is 2.79. The molecule has 0 aliphatic heterocycles. The Morgan fingerprint density at radius 1 is 1.12 bits per heavy atom. The van der Waals surface area contributed by atoms with Gasteiger partial charge >= 0.3 is 18.0 Å². The van der Waals surface area contributed by atoms with E-state index in [1.54, 1.807) is 20.8 Å². The van der Waals surface area contributed by atoms with Gasteiger partial charge in [0.25, 0.3) is 0 Å². The lowest BCUT2D eigenvalue weighted by Crippen LogP contribution is -2.44. The van der Waals surface area contributed by atoms with E-state index in [2.05, 4.69) is 16.1 Å². The fourth-order valence-electron chi connectivity index (χ4n) is 2.67. The predicted molar refractivity (Wildman–Crippen MR) is 117 cm³/mol. The number of esters is 2. The number of hydrogen-bond acceptors (Lipinski definition) is 8. The molecule has 1 atom stereocenters. The number of hydrogen-bond donors (Lipinski definition) is 1. The zero-order valence-electron chi connectivity index (χ0n) is 19.3. The number of methoxy groups -OCH3 is 1.